The summed E-state index contributed by atoms with van der Waals surface area (Å²) in [5.41, 5.74) is 1.31. The second-order valence-corrected chi connectivity index (χ2v) is 6.31. The molecule has 0 aromatic heterocycles. The second-order valence-electron chi connectivity index (χ2n) is 5.39. The van der Waals surface area contributed by atoms with Crippen LogP contribution < -0.4 is 0 Å². The fourth-order valence-electron chi connectivity index (χ4n) is 2.92. The van der Waals surface area contributed by atoms with E-state index < -0.39 is 0 Å². The van der Waals surface area contributed by atoms with Crippen LogP contribution in [0.25, 0.3) is 0 Å². The van der Waals surface area contributed by atoms with Crippen molar-refractivity contribution >= 4 is 21.8 Å². The van der Waals surface area contributed by atoms with Crippen LogP contribution in [0.2, 0.25) is 0 Å². The molecule has 1 amide bonds. The van der Waals surface area contributed by atoms with Crippen LogP contribution in [0, 0.1) is 5.92 Å². The summed E-state index contributed by atoms with van der Waals surface area (Å²) in [6.45, 7) is 1.95. The Labute approximate surface area is 116 Å². The number of nitrogens with zero attached hydrogens (tertiary/aromatic N) is 1. The van der Waals surface area contributed by atoms with Crippen molar-refractivity contribution in [3.63, 3.8) is 0 Å². The summed E-state index contributed by atoms with van der Waals surface area (Å²) in [6, 6.07) is 8.38. The Morgan fingerprint density at radius 3 is 2.72 bits per heavy atom. The van der Waals surface area contributed by atoms with Gasteiger partial charge in [-0.3, -0.25) is 4.79 Å². The van der Waals surface area contributed by atoms with Crippen LogP contribution in [0.5, 0.6) is 0 Å². The highest BCUT2D eigenvalue weighted by molar-refractivity contribution is 9.10. The molecule has 0 bridgehead atoms. The number of likely N-dealkylation sites (tertiary alicyclic amines) is 1. The molecule has 1 heterocycles. The molecule has 1 aliphatic heterocycles. The maximum Gasteiger partial charge on any atom is 0.226 e. The van der Waals surface area contributed by atoms with Gasteiger partial charge in [-0.05, 0) is 49.3 Å². The Kier molecular flexibility index (Phi) is 3.42. The minimum atomic E-state index is 0.248. The van der Waals surface area contributed by atoms with Crippen molar-refractivity contribution in [1.82, 2.24) is 4.90 Å². The first-order chi connectivity index (χ1) is 8.75. The maximum absolute atomic E-state index is 12.3. The molecule has 3 rings (SSSR count). The third kappa shape index (κ3) is 2.46. The third-order valence-electron chi connectivity index (χ3n) is 4.05. The SMILES string of the molecule is O=C([C@H]1C[C@H]1c1cccc(Br)c1)N1CCCCC1. The average Bonchev–Trinajstić information content (AvgIpc) is 3.19. The van der Waals surface area contributed by atoms with E-state index in [1.54, 1.807) is 0 Å². The van der Waals surface area contributed by atoms with Crippen molar-refractivity contribution in [2.75, 3.05) is 13.1 Å². The number of benzene rings is 1. The van der Waals surface area contributed by atoms with Crippen molar-refractivity contribution in [2.45, 2.75) is 31.6 Å². The Morgan fingerprint density at radius 1 is 1.22 bits per heavy atom. The Morgan fingerprint density at radius 2 is 2.00 bits per heavy atom. The molecule has 1 saturated carbocycles. The molecule has 18 heavy (non-hydrogen) atoms. The number of amides is 1. The zero-order chi connectivity index (χ0) is 12.5. The summed E-state index contributed by atoms with van der Waals surface area (Å²) in [4.78, 5) is 14.4. The zero-order valence-corrected chi connectivity index (χ0v) is 12.0. The first-order valence-electron chi connectivity index (χ1n) is 6.80. The van der Waals surface area contributed by atoms with E-state index in [1.807, 2.05) is 6.07 Å². The van der Waals surface area contributed by atoms with Crippen LogP contribution in [-0.2, 0) is 4.79 Å². The van der Waals surface area contributed by atoms with Gasteiger partial charge in [-0.15, -0.1) is 0 Å². The number of halogens is 1. The molecule has 2 nitrogen and oxygen atoms in total. The van der Waals surface area contributed by atoms with Gasteiger partial charge < -0.3 is 4.90 Å². The predicted molar refractivity (Wildman–Crippen MR) is 75.4 cm³/mol. The fraction of sp³-hybridized carbons (Fsp3) is 0.533. The van der Waals surface area contributed by atoms with E-state index >= 15 is 0 Å². The standard InChI is InChI=1S/C15H18BrNO/c16-12-6-4-5-11(9-12)13-10-14(13)15(18)17-7-2-1-3-8-17/h4-6,9,13-14H,1-3,7-8,10H2/t13-,14-/m0/s1. The second kappa shape index (κ2) is 5.04. The molecule has 0 radical (unpaired) electrons. The van der Waals surface area contributed by atoms with Gasteiger partial charge >= 0.3 is 0 Å². The fourth-order valence-corrected chi connectivity index (χ4v) is 3.34. The molecule has 1 aliphatic carbocycles. The molecule has 0 unspecified atom stereocenters. The lowest BCUT2D eigenvalue weighted by Crippen LogP contribution is -2.36. The lowest BCUT2D eigenvalue weighted by molar-refractivity contribution is -0.133. The largest absolute Gasteiger partial charge is 0.342 e. The van der Waals surface area contributed by atoms with Gasteiger partial charge in [-0.1, -0.05) is 28.1 Å². The lowest BCUT2D eigenvalue weighted by atomic mass is 10.1. The van der Waals surface area contributed by atoms with Crippen molar-refractivity contribution in [1.29, 1.82) is 0 Å². The molecule has 0 spiro atoms. The van der Waals surface area contributed by atoms with Crippen LogP contribution in [0.3, 0.4) is 0 Å². The van der Waals surface area contributed by atoms with Gasteiger partial charge in [0.05, 0.1) is 0 Å². The van der Waals surface area contributed by atoms with E-state index in [4.69, 9.17) is 0 Å². The summed E-state index contributed by atoms with van der Waals surface area (Å²) in [7, 11) is 0. The molecule has 3 heteroatoms. The number of hydrogen-bond acceptors (Lipinski definition) is 1. The van der Waals surface area contributed by atoms with Gasteiger partial charge in [0.2, 0.25) is 5.91 Å². The first-order valence-corrected chi connectivity index (χ1v) is 7.59. The summed E-state index contributed by atoms with van der Waals surface area (Å²) < 4.78 is 1.11. The molecule has 1 aromatic rings. The highest BCUT2D eigenvalue weighted by Gasteiger charge is 2.45. The van der Waals surface area contributed by atoms with Crippen molar-refractivity contribution in [2.24, 2.45) is 5.92 Å². The van der Waals surface area contributed by atoms with Gasteiger partial charge in [-0.2, -0.15) is 0 Å². The molecule has 2 aliphatic rings. The summed E-state index contributed by atoms with van der Waals surface area (Å²) in [5, 5.41) is 0. The Bertz CT molecular complexity index is 454. The molecule has 2 fully saturated rings. The quantitative estimate of drug-likeness (QED) is 0.818. The van der Waals surface area contributed by atoms with Crippen molar-refractivity contribution < 1.29 is 4.79 Å². The van der Waals surface area contributed by atoms with E-state index in [1.165, 1.54) is 24.8 Å². The molecule has 2 atom stereocenters. The monoisotopic (exact) mass is 307 g/mol. The van der Waals surface area contributed by atoms with Gasteiger partial charge in [0.15, 0.2) is 0 Å². The van der Waals surface area contributed by atoms with Gasteiger partial charge in [0.25, 0.3) is 0 Å². The number of carbonyl (C=O) groups is 1. The number of hydrogen-bond donors (Lipinski definition) is 0. The number of piperidine rings is 1. The molecular weight excluding hydrogens is 290 g/mol. The van der Waals surface area contributed by atoms with Crippen LogP contribution in [0.1, 0.15) is 37.2 Å². The normalized spacial score (nSPS) is 27.1. The van der Waals surface area contributed by atoms with E-state index in [0.29, 0.717) is 11.8 Å². The van der Waals surface area contributed by atoms with E-state index in [0.717, 1.165) is 24.0 Å². The molecule has 1 aromatic carbocycles. The minimum absolute atomic E-state index is 0.248. The van der Waals surface area contributed by atoms with Crippen LogP contribution in [0.4, 0.5) is 0 Å². The summed E-state index contributed by atoms with van der Waals surface area (Å²) >= 11 is 3.50. The first kappa shape index (κ1) is 12.2. The topological polar surface area (TPSA) is 20.3 Å². The summed E-state index contributed by atoms with van der Waals surface area (Å²) in [5.74, 6) is 1.09. The number of carbonyl (C=O) groups excluding carboxylic acids is 1. The molecule has 96 valence electrons. The maximum atomic E-state index is 12.3. The molecule has 1 saturated heterocycles. The summed E-state index contributed by atoms with van der Waals surface area (Å²) in [6.07, 6.45) is 4.68. The number of rotatable bonds is 2. The third-order valence-corrected chi connectivity index (χ3v) is 4.55. The van der Waals surface area contributed by atoms with Gasteiger partial charge in [-0.25, -0.2) is 0 Å². The van der Waals surface area contributed by atoms with E-state index in [2.05, 4.69) is 39.0 Å². The molecular formula is C15H18BrNO. The van der Waals surface area contributed by atoms with Crippen LogP contribution in [0.15, 0.2) is 28.7 Å². The molecule has 0 N–H and O–H groups in total. The lowest BCUT2D eigenvalue weighted by Gasteiger charge is -2.26. The van der Waals surface area contributed by atoms with Crippen LogP contribution in [-0.4, -0.2) is 23.9 Å². The van der Waals surface area contributed by atoms with E-state index in [-0.39, 0.29) is 5.92 Å². The zero-order valence-electron chi connectivity index (χ0n) is 10.4. The highest BCUT2D eigenvalue weighted by atomic mass is 79.9. The predicted octanol–water partition coefficient (Wildman–Crippen LogP) is 3.57. The van der Waals surface area contributed by atoms with Crippen LogP contribution >= 0.6 is 15.9 Å². The van der Waals surface area contributed by atoms with Gasteiger partial charge in [0, 0.05) is 23.5 Å². The highest BCUT2D eigenvalue weighted by Crippen LogP contribution is 2.49. The van der Waals surface area contributed by atoms with Gasteiger partial charge in [0.1, 0.15) is 0 Å². The average molecular weight is 308 g/mol. The van der Waals surface area contributed by atoms with Crippen molar-refractivity contribution in [3.05, 3.63) is 34.3 Å². The minimum Gasteiger partial charge on any atom is -0.342 e. The van der Waals surface area contributed by atoms with Crippen molar-refractivity contribution in [3.8, 4) is 0 Å². The smallest absolute Gasteiger partial charge is 0.226 e. The van der Waals surface area contributed by atoms with E-state index in [9.17, 15) is 4.79 Å². The Hall–Kier alpha value is -0.830. The Balaban J connectivity index is 1.64.